The van der Waals surface area contributed by atoms with Gasteiger partial charge in [-0.05, 0) is 19.4 Å². The van der Waals surface area contributed by atoms with Crippen LogP contribution in [-0.2, 0) is 4.79 Å². The van der Waals surface area contributed by atoms with Gasteiger partial charge in [-0.1, -0.05) is 200 Å². The van der Waals surface area contributed by atoms with E-state index in [0.29, 0.717) is 19.5 Å². The van der Waals surface area contributed by atoms with Crippen LogP contribution in [-0.4, -0.2) is 59.0 Å². The Kier molecular flexibility index (Phi) is 44.8. The van der Waals surface area contributed by atoms with E-state index in [-0.39, 0.29) is 13.2 Å². The molecular weight excluding hydrogens is 558 g/mol. The van der Waals surface area contributed by atoms with E-state index in [9.17, 15) is 4.79 Å². The highest BCUT2D eigenvalue weighted by atomic mass is 16.4. The topological polar surface area (TPSA) is 81.0 Å². The Morgan fingerprint density at radius 3 is 0.867 bits per heavy atom. The molecule has 0 aliphatic heterocycles. The molecule has 45 heavy (non-hydrogen) atoms. The predicted octanol–water partition coefficient (Wildman–Crippen LogP) is 11.9. The summed E-state index contributed by atoms with van der Waals surface area (Å²) in [6.45, 7) is 7.34. The summed E-state index contributed by atoms with van der Waals surface area (Å²) in [5.41, 5.74) is 0. The number of nitrogens with zero attached hydrogens (tertiary/aromatic N) is 1. The fourth-order valence-corrected chi connectivity index (χ4v) is 6.15. The van der Waals surface area contributed by atoms with Gasteiger partial charge in [-0.25, -0.2) is 0 Å². The standard InChI is InChI=1S/C20H43NO2.C20H40O2/c1-2-3-4-5-6-7-8-9-10-11-12-13-14-15-16-21(17-19-22)18-20-23;1-2-3-4-5-6-7-8-9-10-11-12-13-14-15-16-17-18-19-20(21)22/h22-23H,2-20H2,1H3;2-19H2,1H3,(H,21,22). The summed E-state index contributed by atoms with van der Waals surface area (Å²) >= 11 is 0. The zero-order valence-electron chi connectivity index (χ0n) is 30.9. The van der Waals surface area contributed by atoms with Gasteiger partial charge >= 0.3 is 5.97 Å². The second-order valence-corrected chi connectivity index (χ2v) is 13.7. The number of hydrogen-bond donors (Lipinski definition) is 3. The first-order valence-corrected chi connectivity index (χ1v) is 20.3. The molecule has 0 heterocycles. The minimum atomic E-state index is -0.652. The second kappa shape index (κ2) is 43.4. The van der Waals surface area contributed by atoms with Crippen molar-refractivity contribution in [3.05, 3.63) is 0 Å². The van der Waals surface area contributed by atoms with E-state index in [4.69, 9.17) is 15.3 Å². The smallest absolute Gasteiger partial charge is 0.303 e. The van der Waals surface area contributed by atoms with E-state index >= 15 is 0 Å². The molecule has 0 amide bonds. The average Bonchev–Trinajstić information content (AvgIpc) is 3.03. The molecule has 0 fully saturated rings. The lowest BCUT2D eigenvalue weighted by molar-refractivity contribution is -0.137. The van der Waals surface area contributed by atoms with E-state index in [1.165, 1.54) is 186 Å². The zero-order chi connectivity index (χ0) is 33.3. The van der Waals surface area contributed by atoms with E-state index in [1.54, 1.807) is 0 Å². The van der Waals surface area contributed by atoms with E-state index < -0.39 is 5.97 Å². The van der Waals surface area contributed by atoms with Crippen LogP contribution in [0.2, 0.25) is 0 Å². The van der Waals surface area contributed by atoms with E-state index in [2.05, 4.69) is 18.7 Å². The summed E-state index contributed by atoms with van der Waals surface area (Å²) in [6, 6.07) is 0. The lowest BCUT2D eigenvalue weighted by atomic mass is 10.0. The Balaban J connectivity index is 0. The number of carboxylic acids is 1. The summed E-state index contributed by atoms with van der Waals surface area (Å²) in [5.74, 6) is -0.652. The van der Waals surface area contributed by atoms with Crippen LogP contribution in [0.4, 0.5) is 0 Å². The second-order valence-electron chi connectivity index (χ2n) is 13.7. The van der Waals surface area contributed by atoms with Crippen LogP contribution in [0.25, 0.3) is 0 Å². The number of hydrogen-bond acceptors (Lipinski definition) is 4. The molecule has 0 aromatic heterocycles. The average molecular weight is 642 g/mol. The zero-order valence-corrected chi connectivity index (χ0v) is 30.9. The Morgan fingerprint density at radius 1 is 0.378 bits per heavy atom. The number of aliphatic carboxylic acids is 1. The van der Waals surface area contributed by atoms with Gasteiger partial charge in [0.1, 0.15) is 0 Å². The molecule has 0 spiro atoms. The third-order valence-electron chi connectivity index (χ3n) is 9.15. The molecule has 5 nitrogen and oxygen atoms in total. The Labute approximate surface area is 282 Å². The van der Waals surface area contributed by atoms with Crippen molar-refractivity contribution >= 4 is 5.97 Å². The van der Waals surface area contributed by atoms with Crippen LogP contribution in [0.5, 0.6) is 0 Å². The molecule has 272 valence electrons. The van der Waals surface area contributed by atoms with Gasteiger partial charge in [-0.2, -0.15) is 0 Å². The van der Waals surface area contributed by atoms with E-state index in [0.717, 1.165) is 19.4 Å². The summed E-state index contributed by atoms with van der Waals surface area (Å²) in [6.07, 6.45) is 42.5. The van der Waals surface area contributed by atoms with Crippen LogP contribution in [0.15, 0.2) is 0 Å². The first-order chi connectivity index (χ1) is 22.1. The van der Waals surface area contributed by atoms with Crippen LogP contribution >= 0.6 is 0 Å². The fourth-order valence-electron chi connectivity index (χ4n) is 6.15. The van der Waals surface area contributed by atoms with Gasteiger partial charge in [0, 0.05) is 19.5 Å². The van der Waals surface area contributed by atoms with Crippen molar-refractivity contribution in [1.29, 1.82) is 0 Å². The molecular formula is C40H83NO4. The molecule has 0 atom stereocenters. The lowest BCUT2D eigenvalue weighted by Crippen LogP contribution is -2.30. The molecule has 0 aromatic rings. The molecule has 0 radical (unpaired) electrons. The van der Waals surface area contributed by atoms with Crippen molar-refractivity contribution in [3.63, 3.8) is 0 Å². The van der Waals surface area contributed by atoms with Crippen molar-refractivity contribution in [2.75, 3.05) is 32.8 Å². The minimum absolute atomic E-state index is 0.193. The van der Waals surface area contributed by atoms with Gasteiger partial charge in [0.15, 0.2) is 0 Å². The van der Waals surface area contributed by atoms with Gasteiger partial charge in [0.05, 0.1) is 13.2 Å². The van der Waals surface area contributed by atoms with Gasteiger partial charge in [0.2, 0.25) is 0 Å². The summed E-state index contributed by atoms with van der Waals surface area (Å²) in [5, 5.41) is 26.4. The van der Waals surface area contributed by atoms with Gasteiger partial charge < -0.3 is 15.3 Å². The van der Waals surface area contributed by atoms with Gasteiger partial charge in [-0.15, -0.1) is 0 Å². The normalized spacial score (nSPS) is 11.2. The third-order valence-corrected chi connectivity index (χ3v) is 9.15. The maximum Gasteiger partial charge on any atom is 0.303 e. The monoisotopic (exact) mass is 642 g/mol. The predicted molar refractivity (Wildman–Crippen MR) is 197 cm³/mol. The summed E-state index contributed by atoms with van der Waals surface area (Å²) in [4.78, 5) is 12.5. The molecule has 0 saturated heterocycles. The first-order valence-electron chi connectivity index (χ1n) is 20.3. The minimum Gasteiger partial charge on any atom is -0.481 e. The molecule has 0 aliphatic carbocycles. The number of carboxylic acid groups (broad SMARTS) is 1. The van der Waals surface area contributed by atoms with Crippen molar-refractivity contribution in [2.24, 2.45) is 0 Å². The molecule has 5 heteroatoms. The number of aliphatic hydroxyl groups is 2. The van der Waals surface area contributed by atoms with Gasteiger partial charge in [0.25, 0.3) is 0 Å². The van der Waals surface area contributed by atoms with Crippen LogP contribution in [0.1, 0.15) is 219 Å². The molecule has 0 aromatic carbocycles. The highest BCUT2D eigenvalue weighted by Gasteiger charge is 2.03. The molecule has 0 rings (SSSR count). The first kappa shape index (κ1) is 46.5. The molecule has 0 bridgehead atoms. The van der Waals surface area contributed by atoms with Crippen LogP contribution < -0.4 is 0 Å². The number of carbonyl (C=O) groups is 1. The largest absolute Gasteiger partial charge is 0.481 e. The van der Waals surface area contributed by atoms with Crippen LogP contribution in [0, 0.1) is 0 Å². The quantitative estimate of drug-likeness (QED) is 0.0588. The molecule has 0 unspecified atom stereocenters. The highest BCUT2D eigenvalue weighted by Crippen LogP contribution is 2.15. The van der Waals surface area contributed by atoms with E-state index in [1.807, 2.05) is 0 Å². The fraction of sp³-hybridized carbons (Fsp3) is 0.975. The van der Waals surface area contributed by atoms with Crippen molar-refractivity contribution < 1.29 is 20.1 Å². The van der Waals surface area contributed by atoms with Crippen LogP contribution in [0.3, 0.4) is 0 Å². The Morgan fingerprint density at radius 2 is 0.622 bits per heavy atom. The summed E-state index contributed by atoms with van der Waals surface area (Å²) in [7, 11) is 0. The molecule has 3 N–H and O–H groups in total. The van der Waals surface area contributed by atoms with Gasteiger partial charge in [-0.3, -0.25) is 9.69 Å². The molecule has 0 aliphatic rings. The maximum absolute atomic E-state index is 10.4. The Bertz CT molecular complexity index is 524. The number of rotatable bonds is 37. The lowest BCUT2D eigenvalue weighted by Gasteiger charge is -2.19. The third kappa shape index (κ3) is 45.5. The SMILES string of the molecule is CCCCCCCCCCCCCCCCCCCC(=O)O.CCCCCCCCCCCCCCCCN(CCO)CCO. The Hall–Kier alpha value is -0.650. The highest BCUT2D eigenvalue weighted by molar-refractivity contribution is 5.66. The maximum atomic E-state index is 10.4. The molecule has 0 saturated carbocycles. The number of aliphatic hydroxyl groups excluding tert-OH is 2. The number of unbranched alkanes of at least 4 members (excludes halogenated alkanes) is 29. The van der Waals surface area contributed by atoms with Crippen molar-refractivity contribution in [2.45, 2.75) is 219 Å². The van der Waals surface area contributed by atoms with Crippen molar-refractivity contribution in [1.82, 2.24) is 4.90 Å². The van der Waals surface area contributed by atoms with Crippen molar-refractivity contribution in [3.8, 4) is 0 Å². The summed E-state index contributed by atoms with van der Waals surface area (Å²) < 4.78 is 0.